The average Bonchev–Trinajstić information content (AvgIpc) is 3.06. The summed E-state index contributed by atoms with van der Waals surface area (Å²) in [4.78, 5) is 16.2. The quantitative estimate of drug-likeness (QED) is 0.515. The molecule has 0 aliphatic rings. The minimum atomic E-state index is -4.32. The van der Waals surface area contributed by atoms with Crippen molar-refractivity contribution in [3.63, 3.8) is 0 Å². The molecule has 0 saturated heterocycles. The van der Waals surface area contributed by atoms with Crippen LogP contribution >= 0.6 is 11.8 Å². The van der Waals surface area contributed by atoms with Crippen molar-refractivity contribution in [3.8, 4) is 5.69 Å². The van der Waals surface area contributed by atoms with E-state index in [0.29, 0.717) is 11.6 Å². The average molecular weight is 401 g/mol. The lowest BCUT2D eigenvalue weighted by Crippen LogP contribution is -2.27. The molecule has 0 atom stereocenters. The number of nitrogens with zero attached hydrogens (tertiary/aromatic N) is 2. The zero-order chi connectivity index (χ0) is 19.9. The maximum atomic E-state index is 11.9. The van der Waals surface area contributed by atoms with Gasteiger partial charge in [-0.25, -0.2) is 4.98 Å². The number of aryl methyl sites for hydroxylation is 1. The molecule has 27 heavy (non-hydrogen) atoms. The number of benzene rings is 1. The van der Waals surface area contributed by atoms with Crippen LogP contribution in [0, 0.1) is 13.8 Å². The molecule has 0 radical (unpaired) electrons. The fourth-order valence-electron chi connectivity index (χ4n) is 2.35. The molecular weight excluding hydrogens is 379 g/mol. The Morgan fingerprint density at radius 1 is 1.33 bits per heavy atom. The van der Waals surface area contributed by atoms with Gasteiger partial charge in [0.15, 0.2) is 5.16 Å². The minimum Gasteiger partial charge on any atom is -0.372 e. The van der Waals surface area contributed by atoms with E-state index in [1.807, 2.05) is 42.8 Å². The third-order valence-electron chi connectivity index (χ3n) is 3.83. The number of carbonyl (C=O) groups is 1. The molecule has 0 spiro atoms. The molecule has 0 saturated carbocycles. The Morgan fingerprint density at radius 2 is 2.11 bits per heavy atom. The summed E-state index contributed by atoms with van der Waals surface area (Å²) >= 11 is 1.30. The van der Waals surface area contributed by atoms with Gasteiger partial charge in [0.2, 0.25) is 5.91 Å². The molecule has 1 N–H and O–H groups in total. The van der Waals surface area contributed by atoms with E-state index in [-0.39, 0.29) is 24.8 Å². The van der Waals surface area contributed by atoms with Crippen LogP contribution in [0.1, 0.15) is 17.5 Å². The number of alkyl halides is 3. The second-order valence-corrected chi connectivity index (χ2v) is 6.90. The highest BCUT2D eigenvalue weighted by molar-refractivity contribution is 7.99. The first-order chi connectivity index (χ1) is 12.8. The van der Waals surface area contributed by atoms with Crippen LogP contribution in [0.3, 0.4) is 0 Å². The number of thioether (sulfide) groups is 1. The van der Waals surface area contributed by atoms with Crippen molar-refractivity contribution in [2.24, 2.45) is 0 Å². The van der Waals surface area contributed by atoms with E-state index in [0.717, 1.165) is 11.3 Å². The molecule has 1 heterocycles. The fourth-order valence-corrected chi connectivity index (χ4v) is 3.14. The van der Waals surface area contributed by atoms with Crippen LogP contribution in [-0.4, -0.2) is 47.1 Å². The van der Waals surface area contributed by atoms with Crippen LogP contribution in [0.5, 0.6) is 0 Å². The van der Waals surface area contributed by atoms with E-state index in [1.165, 1.54) is 17.3 Å². The fraction of sp³-hybridized carbons (Fsp3) is 0.444. The number of ether oxygens (including phenoxy) is 1. The van der Waals surface area contributed by atoms with Crippen LogP contribution in [0.15, 0.2) is 35.7 Å². The Balaban J connectivity index is 1.77. The van der Waals surface area contributed by atoms with Gasteiger partial charge in [0.1, 0.15) is 6.61 Å². The minimum absolute atomic E-state index is 0.0516. The van der Waals surface area contributed by atoms with Gasteiger partial charge in [-0.15, -0.1) is 0 Å². The summed E-state index contributed by atoms with van der Waals surface area (Å²) in [5.74, 6) is -0.0306. The number of carbonyl (C=O) groups excluding carboxylic acids is 1. The molecule has 0 bridgehead atoms. The predicted molar refractivity (Wildman–Crippen MR) is 98.3 cm³/mol. The number of hydrogen-bond acceptors (Lipinski definition) is 4. The Morgan fingerprint density at radius 3 is 2.85 bits per heavy atom. The summed E-state index contributed by atoms with van der Waals surface area (Å²) in [6.45, 7) is 3.02. The molecule has 0 aliphatic carbocycles. The van der Waals surface area contributed by atoms with Gasteiger partial charge in [-0.05, 0) is 37.5 Å². The second-order valence-electron chi connectivity index (χ2n) is 5.96. The van der Waals surface area contributed by atoms with E-state index in [9.17, 15) is 18.0 Å². The lowest BCUT2D eigenvalue weighted by molar-refractivity contribution is -0.174. The van der Waals surface area contributed by atoms with E-state index < -0.39 is 12.8 Å². The highest BCUT2D eigenvalue weighted by Gasteiger charge is 2.27. The molecule has 1 aromatic heterocycles. The zero-order valence-electron chi connectivity index (χ0n) is 15.2. The standard InChI is InChI=1S/C18H22F3N3O2S/c1-13-5-3-6-15(14(13)2)24-9-8-23-17(24)27-11-16(25)22-7-4-10-26-12-18(19,20)21/h3,5-6,8-9H,4,7,10-12H2,1-2H3,(H,22,25). The molecule has 148 valence electrons. The molecule has 5 nitrogen and oxygen atoms in total. The summed E-state index contributed by atoms with van der Waals surface area (Å²) in [7, 11) is 0. The van der Waals surface area contributed by atoms with Crippen LogP contribution in [0.2, 0.25) is 0 Å². The largest absolute Gasteiger partial charge is 0.411 e. The summed E-state index contributed by atoms with van der Waals surface area (Å²) < 4.78 is 42.2. The van der Waals surface area contributed by atoms with E-state index in [2.05, 4.69) is 15.0 Å². The summed E-state index contributed by atoms with van der Waals surface area (Å²) in [5, 5.41) is 3.37. The summed E-state index contributed by atoms with van der Waals surface area (Å²) in [5.41, 5.74) is 3.32. The predicted octanol–water partition coefficient (Wildman–Crippen LogP) is 3.67. The number of nitrogens with one attached hydrogen (secondary N) is 1. The van der Waals surface area contributed by atoms with Gasteiger partial charge in [0.05, 0.1) is 11.4 Å². The summed E-state index contributed by atoms with van der Waals surface area (Å²) in [6, 6.07) is 6.00. The number of halogens is 3. The van der Waals surface area contributed by atoms with Crippen LogP contribution in [-0.2, 0) is 9.53 Å². The molecule has 0 fully saturated rings. The molecule has 1 amide bonds. The van der Waals surface area contributed by atoms with Gasteiger partial charge < -0.3 is 10.1 Å². The van der Waals surface area contributed by atoms with Gasteiger partial charge in [0, 0.05) is 25.5 Å². The maximum absolute atomic E-state index is 11.9. The third kappa shape index (κ3) is 6.91. The first kappa shape index (κ1) is 21.3. The highest BCUT2D eigenvalue weighted by atomic mass is 32.2. The van der Waals surface area contributed by atoms with Gasteiger partial charge in [-0.3, -0.25) is 9.36 Å². The molecular formula is C18H22F3N3O2S. The second kappa shape index (κ2) is 9.80. The van der Waals surface area contributed by atoms with Crippen LogP contribution in [0.4, 0.5) is 13.2 Å². The van der Waals surface area contributed by atoms with Gasteiger partial charge in [-0.1, -0.05) is 23.9 Å². The third-order valence-corrected chi connectivity index (χ3v) is 4.79. The van der Waals surface area contributed by atoms with Gasteiger partial charge in [0.25, 0.3) is 0 Å². The Labute approximate surface area is 160 Å². The molecule has 0 aliphatic heterocycles. The monoisotopic (exact) mass is 401 g/mol. The number of amides is 1. The smallest absolute Gasteiger partial charge is 0.372 e. The van der Waals surface area contributed by atoms with Crippen molar-refractivity contribution in [1.29, 1.82) is 0 Å². The Kier molecular flexibility index (Phi) is 7.73. The molecule has 9 heteroatoms. The van der Waals surface area contributed by atoms with Crippen molar-refractivity contribution >= 4 is 17.7 Å². The van der Waals surface area contributed by atoms with Crippen molar-refractivity contribution in [2.45, 2.75) is 31.6 Å². The first-order valence-electron chi connectivity index (χ1n) is 8.42. The topological polar surface area (TPSA) is 56.2 Å². The van der Waals surface area contributed by atoms with Crippen LogP contribution in [0.25, 0.3) is 5.69 Å². The molecule has 2 aromatic rings. The van der Waals surface area contributed by atoms with Gasteiger partial charge in [-0.2, -0.15) is 13.2 Å². The summed E-state index contributed by atoms with van der Waals surface area (Å²) in [6.07, 6.45) is -0.471. The van der Waals surface area contributed by atoms with E-state index in [4.69, 9.17) is 0 Å². The molecule has 2 rings (SSSR count). The normalized spacial score (nSPS) is 11.6. The highest BCUT2D eigenvalue weighted by Crippen LogP contribution is 2.24. The Hall–Kier alpha value is -2.00. The molecule has 0 unspecified atom stereocenters. The lowest BCUT2D eigenvalue weighted by Gasteiger charge is -2.12. The van der Waals surface area contributed by atoms with Crippen LogP contribution < -0.4 is 5.32 Å². The van der Waals surface area contributed by atoms with Crippen molar-refractivity contribution < 1.29 is 22.7 Å². The Bertz CT molecular complexity index is 763. The number of hydrogen-bond donors (Lipinski definition) is 1. The maximum Gasteiger partial charge on any atom is 0.411 e. The molecule has 1 aromatic carbocycles. The van der Waals surface area contributed by atoms with Gasteiger partial charge >= 0.3 is 6.18 Å². The van der Waals surface area contributed by atoms with Crippen molar-refractivity contribution in [2.75, 3.05) is 25.5 Å². The number of rotatable bonds is 9. The van der Waals surface area contributed by atoms with E-state index >= 15 is 0 Å². The van der Waals surface area contributed by atoms with Crippen molar-refractivity contribution in [1.82, 2.24) is 14.9 Å². The first-order valence-corrected chi connectivity index (χ1v) is 9.40. The lowest BCUT2D eigenvalue weighted by atomic mass is 10.1. The van der Waals surface area contributed by atoms with E-state index in [1.54, 1.807) is 6.20 Å². The van der Waals surface area contributed by atoms with Crippen molar-refractivity contribution in [3.05, 3.63) is 41.7 Å². The number of aromatic nitrogens is 2. The number of imidazole rings is 1. The zero-order valence-corrected chi connectivity index (χ0v) is 16.0. The SMILES string of the molecule is Cc1cccc(-n2ccnc2SCC(=O)NCCCOCC(F)(F)F)c1C.